The second kappa shape index (κ2) is 8.42. The number of morpholine rings is 1. The second-order valence-corrected chi connectivity index (χ2v) is 6.26. The number of aryl methyl sites for hydroxylation is 1. The van der Waals surface area contributed by atoms with E-state index < -0.39 is 5.82 Å². The normalized spacial score (nSPS) is 15.2. The topological polar surface area (TPSA) is 62.3 Å². The molecule has 0 amide bonds. The van der Waals surface area contributed by atoms with E-state index in [1.807, 2.05) is 13.0 Å². The monoisotopic (exact) mass is 365 g/mol. The Balaban J connectivity index is 1.60. The minimum atomic E-state index is -0.448. The average molecular weight is 366 g/mol. The van der Waals surface area contributed by atoms with Crippen molar-refractivity contribution >= 4 is 29.1 Å². The predicted molar refractivity (Wildman–Crippen MR) is 97.2 cm³/mol. The fraction of sp³-hybridized carbons (Fsp3) is 0.412. The highest BCUT2D eigenvalue weighted by molar-refractivity contribution is 6.31. The molecule has 0 spiro atoms. The standard InChI is InChI=1S/C17H21ClFN5O/c1-12-10-16(22-13-2-3-15(19)14(18)11-13)23-17(21-12)20-4-5-24-6-8-25-9-7-24/h2-3,10-11H,4-9H2,1H3,(H2,20,21,22,23). The summed E-state index contributed by atoms with van der Waals surface area (Å²) in [5.74, 6) is 0.740. The third kappa shape index (κ3) is 5.26. The summed E-state index contributed by atoms with van der Waals surface area (Å²) in [6, 6.07) is 6.29. The second-order valence-electron chi connectivity index (χ2n) is 5.85. The molecule has 0 radical (unpaired) electrons. The van der Waals surface area contributed by atoms with Gasteiger partial charge in [-0.3, -0.25) is 4.90 Å². The molecule has 1 aromatic heterocycles. The van der Waals surface area contributed by atoms with Crippen molar-refractivity contribution in [2.75, 3.05) is 50.0 Å². The van der Waals surface area contributed by atoms with E-state index in [9.17, 15) is 4.39 Å². The van der Waals surface area contributed by atoms with Gasteiger partial charge in [0.25, 0.3) is 0 Å². The van der Waals surface area contributed by atoms with E-state index in [2.05, 4.69) is 25.5 Å². The van der Waals surface area contributed by atoms with Gasteiger partial charge < -0.3 is 15.4 Å². The van der Waals surface area contributed by atoms with Crippen LogP contribution in [0.2, 0.25) is 5.02 Å². The highest BCUT2D eigenvalue weighted by atomic mass is 35.5. The minimum absolute atomic E-state index is 0.0691. The maximum atomic E-state index is 13.3. The smallest absolute Gasteiger partial charge is 0.224 e. The number of hydrogen-bond donors (Lipinski definition) is 2. The summed E-state index contributed by atoms with van der Waals surface area (Å²) in [5.41, 5.74) is 1.50. The Labute approximate surface area is 151 Å². The predicted octanol–water partition coefficient (Wildman–Crippen LogP) is 3.07. The van der Waals surface area contributed by atoms with Crippen LogP contribution in [0.4, 0.5) is 21.8 Å². The van der Waals surface area contributed by atoms with Crippen LogP contribution in [0.3, 0.4) is 0 Å². The molecule has 25 heavy (non-hydrogen) atoms. The summed E-state index contributed by atoms with van der Waals surface area (Å²) in [6.45, 7) is 7.05. The van der Waals surface area contributed by atoms with Crippen molar-refractivity contribution in [1.82, 2.24) is 14.9 Å². The van der Waals surface area contributed by atoms with E-state index in [1.54, 1.807) is 6.07 Å². The first-order valence-corrected chi connectivity index (χ1v) is 8.60. The lowest BCUT2D eigenvalue weighted by Gasteiger charge is -2.26. The molecular weight excluding hydrogens is 345 g/mol. The van der Waals surface area contributed by atoms with Crippen LogP contribution in [0.1, 0.15) is 5.69 Å². The van der Waals surface area contributed by atoms with Crippen LogP contribution in [0, 0.1) is 12.7 Å². The molecule has 0 bridgehead atoms. The Kier molecular flexibility index (Phi) is 6.01. The molecule has 1 saturated heterocycles. The van der Waals surface area contributed by atoms with E-state index in [4.69, 9.17) is 16.3 Å². The van der Waals surface area contributed by atoms with Gasteiger partial charge in [0, 0.05) is 43.6 Å². The van der Waals surface area contributed by atoms with Crippen LogP contribution < -0.4 is 10.6 Å². The van der Waals surface area contributed by atoms with Crippen LogP contribution in [0.25, 0.3) is 0 Å². The molecule has 2 heterocycles. The van der Waals surface area contributed by atoms with Crippen molar-refractivity contribution < 1.29 is 9.13 Å². The van der Waals surface area contributed by atoms with Gasteiger partial charge in [-0.15, -0.1) is 0 Å². The SMILES string of the molecule is Cc1cc(Nc2ccc(F)c(Cl)c2)nc(NCCN2CCOCC2)n1. The van der Waals surface area contributed by atoms with Gasteiger partial charge >= 0.3 is 0 Å². The molecule has 2 N–H and O–H groups in total. The molecule has 6 nitrogen and oxygen atoms in total. The Bertz CT molecular complexity index is 724. The third-order valence-electron chi connectivity index (χ3n) is 3.86. The molecular formula is C17H21ClFN5O. The average Bonchev–Trinajstić information content (AvgIpc) is 2.59. The maximum absolute atomic E-state index is 13.3. The number of rotatable bonds is 6. The highest BCUT2D eigenvalue weighted by Gasteiger charge is 2.10. The molecule has 1 fully saturated rings. The Morgan fingerprint density at radius 2 is 2.04 bits per heavy atom. The summed E-state index contributed by atoms with van der Waals surface area (Å²) >= 11 is 5.81. The Morgan fingerprint density at radius 3 is 2.80 bits per heavy atom. The lowest BCUT2D eigenvalue weighted by atomic mass is 10.3. The largest absolute Gasteiger partial charge is 0.379 e. The highest BCUT2D eigenvalue weighted by Crippen LogP contribution is 2.22. The summed E-state index contributed by atoms with van der Waals surface area (Å²) in [6.07, 6.45) is 0. The van der Waals surface area contributed by atoms with Crippen molar-refractivity contribution in [3.05, 3.63) is 40.8 Å². The van der Waals surface area contributed by atoms with Gasteiger partial charge in [0.2, 0.25) is 5.95 Å². The van der Waals surface area contributed by atoms with Gasteiger partial charge in [-0.1, -0.05) is 11.6 Å². The number of benzene rings is 1. The van der Waals surface area contributed by atoms with Crippen molar-refractivity contribution in [3.8, 4) is 0 Å². The van der Waals surface area contributed by atoms with E-state index >= 15 is 0 Å². The number of ether oxygens (including phenoxy) is 1. The van der Waals surface area contributed by atoms with Gasteiger partial charge in [0.1, 0.15) is 11.6 Å². The van der Waals surface area contributed by atoms with Crippen LogP contribution in [0.15, 0.2) is 24.3 Å². The van der Waals surface area contributed by atoms with Crippen molar-refractivity contribution in [2.45, 2.75) is 6.92 Å². The summed E-state index contributed by atoms with van der Waals surface area (Å²) in [4.78, 5) is 11.2. The molecule has 134 valence electrons. The van der Waals surface area contributed by atoms with E-state index in [-0.39, 0.29) is 5.02 Å². The van der Waals surface area contributed by atoms with E-state index in [0.717, 1.165) is 45.1 Å². The van der Waals surface area contributed by atoms with Gasteiger partial charge in [0.15, 0.2) is 0 Å². The van der Waals surface area contributed by atoms with Crippen molar-refractivity contribution in [1.29, 1.82) is 0 Å². The van der Waals surface area contributed by atoms with E-state index in [1.165, 1.54) is 12.1 Å². The molecule has 1 aliphatic heterocycles. The molecule has 1 aliphatic rings. The first kappa shape index (κ1) is 17.8. The zero-order chi connectivity index (χ0) is 17.6. The molecule has 0 unspecified atom stereocenters. The summed E-state index contributed by atoms with van der Waals surface area (Å²) in [7, 11) is 0. The van der Waals surface area contributed by atoms with Crippen LogP contribution in [0.5, 0.6) is 0 Å². The lowest BCUT2D eigenvalue weighted by molar-refractivity contribution is 0.0398. The molecule has 0 atom stereocenters. The third-order valence-corrected chi connectivity index (χ3v) is 4.15. The number of aromatic nitrogens is 2. The molecule has 2 aromatic rings. The number of anilines is 3. The Hall–Kier alpha value is -1.96. The van der Waals surface area contributed by atoms with Gasteiger partial charge in [-0.25, -0.2) is 9.37 Å². The lowest BCUT2D eigenvalue weighted by Crippen LogP contribution is -2.39. The van der Waals surface area contributed by atoms with E-state index in [0.29, 0.717) is 17.5 Å². The van der Waals surface area contributed by atoms with Gasteiger partial charge in [-0.05, 0) is 25.1 Å². The fourth-order valence-electron chi connectivity index (χ4n) is 2.58. The molecule has 3 rings (SSSR count). The van der Waals surface area contributed by atoms with Crippen molar-refractivity contribution in [3.63, 3.8) is 0 Å². The fourth-order valence-corrected chi connectivity index (χ4v) is 2.76. The first-order valence-electron chi connectivity index (χ1n) is 8.22. The van der Waals surface area contributed by atoms with Crippen molar-refractivity contribution in [2.24, 2.45) is 0 Å². The number of nitrogens with zero attached hydrogens (tertiary/aromatic N) is 3. The molecule has 1 aromatic carbocycles. The van der Waals surface area contributed by atoms with Crippen LogP contribution >= 0.6 is 11.6 Å². The zero-order valence-corrected chi connectivity index (χ0v) is 14.8. The summed E-state index contributed by atoms with van der Waals surface area (Å²) in [5, 5.41) is 6.44. The minimum Gasteiger partial charge on any atom is -0.379 e. The van der Waals surface area contributed by atoms with Gasteiger partial charge in [0.05, 0.1) is 18.2 Å². The maximum Gasteiger partial charge on any atom is 0.224 e. The molecule has 0 saturated carbocycles. The van der Waals surface area contributed by atoms with Crippen LogP contribution in [-0.4, -0.2) is 54.3 Å². The zero-order valence-electron chi connectivity index (χ0n) is 14.1. The van der Waals surface area contributed by atoms with Gasteiger partial charge in [-0.2, -0.15) is 4.98 Å². The first-order chi connectivity index (χ1) is 12.1. The molecule has 8 heteroatoms. The summed E-state index contributed by atoms with van der Waals surface area (Å²) < 4.78 is 18.6. The van der Waals surface area contributed by atoms with Crippen LogP contribution in [-0.2, 0) is 4.74 Å². The molecule has 0 aliphatic carbocycles. The Morgan fingerprint density at radius 1 is 1.24 bits per heavy atom. The number of nitrogens with one attached hydrogen (secondary N) is 2. The number of hydrogen-bond acceptors (Lipinski definition) is 6. The number of halogens is 2. The quantitative estimate of drug-likeness (QED) is 0.820.